The van der Waals surface area contributed by atoms with Crippen molar-refractivity contribution in [3.05, 3.63) is 0 Å². The highest BCUT2D eigenvalue weighted by atomic mass is 14.8. The van der Waals surface area contributed by atoms with Crippen LogP contribution in [0, 0.1) is 17.2 Å². The molecule has 0 amide bonds. The van der Waals surface area contributed by atoms with Crippen LogP contribution < -0.4 is 11.5 Å². The monoisotopic (exact) mass is 139 g/mol. The number of nitrogens with one attached hydrogen (secondary N) is 1. The van der Waals surface area contributed by atoms with E-state index in [9.17, 15) is 0 Å². The quantitative estimate of drug-likeness (QED) is 0.431. The molecule has 0 aliphatic heterocycles. The van der Waals surface area contributed by atoms with Crippen LogP contribution in [-0.4, -0.2) is 17.8 Å². The lowest BCUT2D eigenvalue weighted by molar-refractivity contribution is 0.371. The second-order valence-electron chi connectivity index (χ2n) is 3.48. The first-order chi connectivity index (χ1) is 4.70. The third-order valence-electron chi connectivity index (χ3n) is 2.83. The minimum atomic E-state index is 0.182. The summed E-state index contributed by atoms with van der Waals surface area (Å²) in [5, 5.41) is 7.62. The molecule has 2 aliphatic rings. The van der Waals surface area contributed by atoms with Crippen LogP contribution in [0.3, 0.4) is 0 Å². The normalized spacial score (nSPS) is 52.4. The fourth-order valence-electron chi connectivity index (χ4n) is 2.35. The maximum Gasteiger partial charge on any atom is 0.0272 e. The van der Waals surface area contributed by atoms with Crippen molar-refractivity contribution in [2.24, 2.45) is 23.3 Å². The van der Waals surface area contributed by atoms with E-state index in [0.29, 0.717) is 5.92 Å². The molecule has 5 N–H and O–H groups in total. The third kappa shape index (κ3) is 0.592. The van der Waals surface area contributed by atoms with Gasteiger partial charge in [0, 0.05) is 23.7 Å². The van der Waals surface area contributed by atoms with Gasteiger partial charge in [0.25, 0.3) is 0 Å². The molecule has 10 heavy (non-hydrogen) atoms. The predicted octanol–water partition coefficient (Wildman–Crippen LogP) is -0.299. The smallest absolute Gasteiger partial charge is 0.0272 e. The van der Waals surface area contributed by atoms with Crippen LogP contribution in [0.25, 0.3) is 0 Å². The molecule has 0 spiro atoms. The van der Waals surface area contributed by atoms with Gasteiger partial charge in [-0.05, 0) is 18.8 Å². The molecule has 2 fully saturated rings. The zero-order chi connectivity index (χ0) is 7.30. The summed E-state index contributed by atoms with van der Waals surface area (Å²) in [5.41, 5.74) is 12.4. The van der Waals surface area contributed by atoms with E-state index < -0.39 is 0 Å². The first-order valence-electron chi connectivity index (χ1n) is 3.79. The largest absolute Gasteiger partial charge is 0.327 e. The average molecular weight is 139 g/mol. The summed E-state index contributed by atoms with van der Waals surface area (Å²) in [7, 11) is 0. The summed E-state index contributed by atoms with van der Waals surface area (Å²) in [6.07, 6.45) is 1.99. The summed E-state index contributed by atoms with van der Waals surface area (Å²) in [5.74, 6) is 0.639. The maximum atomic E-state index is 7.62. The van der Waals surface area contributed by atoms with Gasteiger partial charge in [0.15, 0.2) is 0 Å². The Kier molecular flexibility index (Phi) is 1.13. The fraction of sp³-hybridized carbons (Fsp3) is 0.857. The van der Waals surface area contributed by atoms with Crippen molar-refractivity contribution in [2.45, 2.75) is 24.9 Å². The molecule has 2 unspecified atom stereocenters. The van der Waals surface area contributed by atoms with E-state index >= 15 is 0 Å². The molecule has 3 nitrogen and oxygen atoms in total. The van der Waals surface area contributed by atoms with Crippen LogP contribution in [0.5, 0.6) is 0 Å². The molecule has 0 saturated heterocycles. The van der Waals surface area contributed by atoms with Crippen LogP contribution in [-0.2, 0) is 0 Å². The van der Waals surface area contributed by atoms with E-state index in [1.54, 1.807) is 0 Å². The lowest BCUT2D eigenvalue weighted by Crippen LogP contribution is -2.41. The van der Waals surface area contributed by atoms with Gasteiger partial charge in [-0.3, -0.25) is 0 Å². The average Bonchev–Trinajstić information content (AvgIpc) is 2.20. The molecular formula is C7H13N3. The molecule has 2 aliphatic carbocycles. The van der Waals surface area contributed by atoms with Gasteiger partial charge in [0.05, 0.1) is 0 Å². The van der Waals surface area contributed by atoms with E-state index in [1.165, 1.54) is 0 Å². The zero-order valence-electron chi connectivity index (χ0n) is 5.88. The van der Waals surface area contributed by atoms with Gasteiger partial charge in [0.1, 0.15) is 0 Å². The van der Waals surface area contributed by atoms with Gasteiger partial charge in [0.2, 0.25) is 0 Å². The van der Waals surface area contributed by atoms with Crippen LogP contribution in [0.15, 0.2) is 0 Å². The van der Waals surface area contributed by atoms with Gasteiger partial charge < -0.3 is 16.9 Å². The Labute approximate surface area is 60.3 Å². The number of fused-ring (bicyclic) bond motifs is 2. The third-order valence-corrected chi connectivity index (χ3v) is 2.83. The van der Waals surface area contributed by atoms with Crippen molar-refractivity contribution in [3.63, 3.8) is 0 Å². The van der Waals surface area contributed by atoms with E-state index in [4.69, 9.17) is 16.9 Å². The van der Waals surface area contributed by atoms with Crippen molar-refractivity contribution >= 4 is 5.71 Å². The predicted molar refractivity (Wildman–Crippen MR) is 39.9 cm³/mol. The number of rotatable bonds is 0. The minimum absolute atomic E-state index is 0.182. The summed E-state index contributed by atoms with van der Waals surface area (Å²) in [4.78, 5) is 0. The Morgan fingerprint density at radius 2 is 1.70 bits per heavy atom. The lowest BCUT2D eigenvalue weighted by Gasteiger charge is -2.21. The van der Waals surface area contributed by atoms with Crippen LogP contribution in [0.1, 0.15) is 12.8 Å². The van der Waals surface area contributed by atoms with Crippen molar-refractivity contribution in [2.75, 3.05) is 0 Å². The minimum Gasteiger partial charge on any atom is -0.327 e. The van der Waals surface area contributed by atoms with Gasteiger partial charge in [-0.15, -0.1) is 0 Å². The van der Waals surface area contributed by atoms with Crippen LogP contribution in [0.2, 0.25) is 0 Å². The van der Waals surface area contributed by atoms with E-state index in [2.05, 4.69) is 0 Å². The second-order valence-corrected chi connectivity index (χ2v) is 3.48. The Morgan fingerprint density at radius 1 is 1.20 bits per heavy atom. The van der Waals surface area contributed by atoms with Crippen molar-refractivity contribution < 1.29 is 0 Å². The van der Waals surface area contributed by atoms with E-state index in [1.807, 2.05) is 0 Å². The maximum absolute atomic E-state index is 7.62. The summed E-state index contributed by atoms with van der Waals surface area (Å²) in [6.45, 7) is 0. The summed E-state index contributed by atoms with van der Waals surface area (Å²) >= 11 is 0. The van der Waals surface area contributed by atoms with Gasteiger partial charge in [-0.25, -0.2) is 0 Å². The van der Waals surface area contributed by atoms with Gasteiger partial charge in [-0.1, -0.05) is 0 Å². The highest BCUT2D eigenvalue weighted by Gasteiger charge is 2.47. The van der Waals surface area contributed by atoms with Gasteiger partial charge >= 0.3 is 0 Å². The molecule has 2 bridgehead atoms. The first-order valence-corrected chi connectivity index (χ1v) is 3.79. The molecule has 56 valence electrons. The SMILES string of the molecule is N=C1C2CC(N)C1C(N)C2. The van der Waals surface area contributed by atoms with E-state index in [-0.39, 0.29) is 18.0 Å². The molecule has 0 aromatic rings. The molecule has 0 aromatic carbocycles. The molecule has 0 radical (unpaired) electrons. The number of nitrogens with two attached hydrogens (primary N) is 2. The number of hydrogen-bond acceptors (Lipinski definition) is 3. The molecule has 2 atom stereocenters. The van der Waals surface area contributed by atoms with Crippen molar-refractivity contribution in [3.8, 4) is 0 Å². The highest BCUT2D eigenvalue weighted by molar-refractivity contribution is 5.92. The molecular weight excluding hydrogens is 126 g/mol. The molecule has 0 heterocycles. The molecule has 2 rings (SSSR count). The standard InChI is InChI=1S/C7H13N3/c8-4-1-3-2-5(9)6(4)7(3)10/h3-6,10H,1-2,8-9H2. The van der Waals surface area contributed by atoms with Crippen LogP contribution >= 0.6 is 0 Å². The summed E-state index contributed by atoms with van der Waals surface area (Å²) < 4.78 is 0. The lowest BCUT2D eigenvalue weighted by atomic mass is 9.92. The van der Waals surface area contributed by atoms with Crippen molar-refractivity contribution in [1.29, 1.82) is 5.41 Å². The van der Waals surface area contributed by atoms with Gasteiger partial charge in [-0.2, -0.15) is 0 Å². The molecule has 3 heteroatoms. The Bertz CT molecular complexity index is 166. The Morgan fingerprint density at radius 3 is 1.90 bits per heavy atom. The Balaban J connectivity index is 2.27. The summed E-state index contributed by atoms with van der Waals surface area (Å²) in [6, 6.07) is 0.363. The zero-order valence-corrected chi connectivity index (χ0v) is 5.88. The highest BCUT2D eigenvalue weighted by Crippen LogP contribution is 2.39. The Hall–Kier alpha value is -0.410. The first kappa shape index (κ1) is 6.31. The van der Waals surface area contributed by atoms with Crippen molar-refractivity contribution in [1.82, 2.24) is 0 Å². The molecule has 2 saturated carbocycles. The topological polar surface area (TPSA) is 75.9 Å². The number of hydrogen-bond donors (Lipinski definition) is 3. The van der Waals surface area contributed by atoms with Crippen LogP contribution in [0.4, 0.5) is 0 Å². The fourth-order valence-corrected chi connectivity index (χ4v) is 2.35. The molecule has 0 aromatic heterocycles. The second kappa shape index (κ2) is 1.80. The van der Waals surface area contributed by atoms with E-state index in [0.717, 1.165) is 18.6 Å².